The molecule has 0 aliphatic rings. The molecule has 1 aromatic heterocycles. The summed E-state index contributed by atoms with van der Waals surface area (Å²) in [6.45, 7) is 1.95. The Bertz CT molecular complexity index is 705. The summed E-state index contributed by atoms with van der Waals surface area (Å²) >= 11 is 3.20. The molecule has 7 heteroatoms. The van der Waals surface area contributed by atoms with Crippen molar-refractivity contribution in [2.45, 2.75) is 11.8 Å². The van der Waals surface area contributed by atoms with E-state index in [0.29, 0.717) is 10.2 Å². The molecule has 2 aromatic rings. The average Bonchev–Trinajstić information content (AvgIpc) is 2.41. The number of nitrogens with zero attached hydrogens (tertiary/aromatic N) is 2. The van der Waals surface area contributed by atoms with Crippen LogP contribution in [-0.2, 0) is 10.0 Å². The molecule has 0 spiro atoms. The number of sulfonamides is 1. The van der Waals surface area contributed by atoms with E-state index in [2.05, 4.69) is 20.9 Å². The SMILES string of the molecule is CCN(c1ccc(F)cc1)S(=O)(=O)c1cncc(Br)c1. The molecule has 0 aliphatic carbocycles. The van der Waals surface area contributed by atoms with Crippen LogP contribution < -0.4 is 4.31 Å². The second-order valence-corrected chi connectivity index (χ2v) is 6.76. The van der Waals surface area contributed by atoms with Gasteiger partial charge in [0.1, 0.15) is 10.7 Å². The maximum atomic E-state index is 12.9. The van der Waals surface area contributed by atoms with E-state index in [1.165, 1.54) is 47.0 Å². The van der Waals surface area contributed by atoms with E-state index in [4.69, 9.17) is 0 Å². The van der Waals surface area contributed by atoms with Crippen LogP contribution in [0.15, 0.2) is 52.1 Å². The number of hydrogen-bond donors (Lipinski definition) is 0. The number of pyridine rings is 1. The van der Waals surface area contributed by atoms with Crippen LogP contribution >= 0.6 is 15.9 Å². The van der Waals surface area contributed by atoms with Crippen LogP contribution in [0.3, 0.4) is 0 Å². The molecule has 106 valence electrons. The Morgan fingerprint density at radius 2 is 1.90 bits per heavy atom. The number of anilines is 1. The van der Waals surface area contributed by atoms with Crippen LogP contribution in [0, 0.1) is 5.82 Å². The Kier molecular flexibility index (Phi) is 4.39. The van der Waals surface area contributed by atoms with E-state index in [1.54, 1.807) is 6.92 Å². The predicted octanol–water partition coefficient (Wildman–Crippen LogP) is 3.20. The Morgan fingerprint density at radius 3 is 2.45 bits per heavy atom. The van der Waals surface area contributed by atoms with Gasteiger partial charge in [0, 0.05) is 23.4 Å². The molecule has 0 N–H and O–H groups in total. The van der Waals surface area contributed by atoms with Crippen LogP contribution in [0.4, 0.5) is 10.1 Å². The Hall–Kier alpha value is -1.47. The summed E-state index contributed by atoms with van der Waals surface area (Å²) in [5.74, 6) is -0.411. The number of halogens is 2. The summed E-state index contributed by atoms with van der Waals surface area (Å²) in [6.07, 6.45) is 2.79. The van der Waals surface area contributed by atoms with Crippen LogP contribution in [-0.4, -0.2) is 19.9 Å². The number of hydrogen-bond acceptors (Lipinski definition) is 3. The summed E-state index contributed by atoms with van der Waals surface area (Å²) in [5.41, 5.74) is 0.411. The first-order valence-electron chi connectivity index (χ1n) is 5.84. The van der Waals surface area contributed by atoms with Gasteiger partial charge in [-0.15, -0.1) is 0 Å². The summed E-state index contributed by atoms with van der Waals surface area (Å²) in [4.78, 5) is 3.94. The minimum Gasteiger partial charge on any atom is -0.267 e. The lowest BCUT2D eigenvalue weighted by atomic mass is 10.3. The summed E-state index contributed by atoms with van der Waals surface area (Å²) < 4.78 is 39.9. The lowest BCUT2D eigenvalue weighted by Gasteiger charge is -2.22. The maximum Gasteiger partial charge on any atom is 0.265 e. The molecular weight excluding hydrogens is 347 g/mol. The second kappa shape index (κ2) is 5.88. The van der Waals surface area contributed by atoms with Gasteiger partial charge in [-0.1, -0.05) is 0 Å². The third kappa shape index (κ3) is 2.99. The van der Waals surface area contributed by atoms with Crippen molar-refractivity contribution in [3.8, 4) is 0 Å². The van der Waals surface area contributed by atoms with Gasteiger partial charge in [-0.25, -0.2) is 12.8 Å². The Morgan fingerprint density at radius 1 is 1.25 bits per heavy atom. The van der Waals surface area contributed by atoms with Gasteiger partial charge in [0.2, 0.25) is 0 Å². The van der Waals surface area contributed by atoms with Crippen LogP contribution in [0.1, 0.15) is 6.92 Å². The lowest BCUT2D eigenvalue weighted by molar-refractivity contribution is 0.591. The van der Waals surface area contributed by atoms with Crippen molar-refractivity contribution < 1.29 is 12.8 Å². The fourth-order valence-electron chi connectivity index (χ4n) is 1.76. The highest BCUT2D eigenvalue weighted by Gasteiger charge is 2.24. The molecule has 0 amide bonds. The maximum absolute atomic E-state index is 12.9. The van der Waals surface area contributed by atoms with Gasteiger partial charge in [0.05, 0.1) is 5.69 Å². The average molecular weight is 359 g/mol. The topological polar surface area (TPSA) is 50.3 Å². The predicted molar refractivity (Wildman–Crippen MR) is 78.5 cm³/mol. The van der Waals surface area contributed by atoms with Crippen molar-refractivity contribution in [1.82, 2.24) is 4.98 Å². The van der Waals surface area contributed by atoms with Gasteiger partial charge < -0.3 is 0 Å². The first-order valence-corrected chi connectivity index (χ1v) is 8.07. The van der Waals surface area contributed by atoms with Crippen LogP contribution in [0.25, 0.3) is 0 Å². The van der Waals surface area contributed by atoms with Gasteiger partial charge in [0.25, 0.3) is 10.0 Å². The number of rotatable bonds is 4. The van der Waals surface area contributed by atoms with Crippen molar-refractivity contribution in [2.24, 2.45) is 0 Å². The van der Waals surface area contributed by atoms with Crippen molar-refractivity contribution in [1.29, 1.82) is 0 Å². The van der Waals surface area contributed by atoms with E-state index < -0.39 is 15.8 Å². The van der Waals surface area contributed by atoms with Crippen LogP contribution in [0.2, 0.25) is 0 Å². The minimum atomic E-state index is -3.72. The Labute approximate surface area is 125 Å². The number of benzene rings is 1. The lowest BCUT2D eigenvalue weighted by Crippen LogP contribution is -2.30. The van der Waals surface area contributed by atoms with Crippen LogP contribution in [0.5, 0.6) is 0 Å². The highest BCUT2D eigenvalue weighted by molar-refractivity contribution is 9.10. The van der Waals surface area contributed by atoms with Gasteiger partial charge >= 0.3 is 0 Å². The van der Waals surface area contributed by atoms with Crippen molar-refractivity contribution >= 4 is 31.6 Å². The monoisotopic (exact) mass is 358 g/mol. The normalized spacial score (nSPS) is 11.3. The molecule has 1 aromatic carbocycles. The summed E-state index contributed by atoms with van der Waals surface area (Å²) in [7, 11) is -3.72. The van der Waals surface area contributed by atoms with Gasteiger partial charge in [-0.3, -0.25) is 9.29 Å². The molecule has 0 saturated carbocycles. The van der Waals surface area contributed by atoms with E-state index in [-0.39, 0.29) is 11.4 Å². The molecule has 0 radical (unpaired) electrons. The number of aromatic nitrogens is 1. The second-order valence-electron chi connectivity index (χ2n) is 3.99. The van der Waals surface area contributed by atoms with E-state index in [0.717, 1.165) is 0 Å². The van der Waals surface area contributed by atoms with E-state index >= 15 is 0 Å². The van der Waals surface area contributed by atoms with Crippen molar-refractivity contribution in [2.75, 3.05) is 10.8 Å². The highest BCUT2D eigenvalue weighted by atomic mass is 79.9. The molecule has 1 heterocycles. The van der Waals surface area contributed by atoms with E-state index in [9.17, 15) is 12.8 Å². The molecule has 0 atom stereocenters. The molecular formula is C13H12BrFN2O2S. The van der Waals surface area contributed by atoms with E-state index in [1.807, 2.05) is 0 Å². The molecule has 0 saturated heterocycles. The minimum absolute atomic E-state index is 0.0815. The summed E-state index contributed by atoms with van der Waals surface area (Å²) in [5, 5.41) is 0. The van der Waals surface area contributed by atoms with Crippen molar-refractivity contribution in [3.63, 3.8) is 0 Å². The third-order valence-electron chi connectivity index (χ3n) is 2.67. The fourth-order valence-corrected chi connectivity index (χ4v) is 3.74. The smallest absolute Gasteiger partial charge is 0.265 e. The largest absolute Gasteiger partial charge is 0.267 e. The van der Waals surface area contributed by atoms with Gasteiger partial charge in [0.15, 0.2) is 0 Å². The standard InChI is InChI=1S/C13H12BrFN2O2S/c1-2-17(12-5-3-11(15)4-6-12)20(18,19)13-7-10(14)8-16-9-13/h3-9H,2H2,1H3. The third-order valence-corrected chi connectivity index (χ3v) is 4.97. The summed E-state index contributed by atoms with van der Waals surface area (Å²) in [6, 6.07) is 6.80. The highest BCUT2D eigenvalue weighted by Crippen LogP contribution is 2.24. The molecule has 20 heavy (non-hydrogen) atoms. The molecule has 4 nitrogen and oxygen atoms in total. The molecule has 0 bridgehead atoms. The quantitative estimate of drug-likeness (QED) is 0.843. The zero-order valence-electron chi connectivity index (χ0n) is 10.6. The molecule has 0 unspecified atom stereocenters. The molecule has 2 rings (SSSR count). The molecule has 0 aliphatic heterocycles. The van der Waals surface area contributed by atoms with Gasteiger partial charge in [-0.2, -0.15) is 0 Å². The van der Waals surface area contributed by atoms with Crippen molar-refractivity contribution in [3.05, 3.63) is 53.0 Å². The fraction of sp³-hybridized carbons (Fsp3) is 0.154. The first kappa shape index (κ1) is 14.9. The zero-order valence-corrected chi connectivity index (χ0v) is 13.0. The Balaban J connectivity index is 2.47. The molecule has 0 fully saturated rings. The first-order chi connectivity index (χ1) is 9.45. The van der Waals surface area contributed by atoms with Gasteiger partial charge in [-0.05, 0) is 53.2 Å². The zero-order chi connectivity index (χ0) is 14.8.